The lowest BCUT2D eigenvalue weighted by molar-refractivity contribution is 0.0677. The Kier molecular flexibility index (Phi) is 3.91. The molecule has 1 unspecified atom stereocenters. The van der Waals surface area contributed by atoms with Crippen molar-refractivity contribution in [3.05, 3.63) is 30.1 Å². The Hall–Kier alpha value is -2.21. The molecule has 6 heteroatoms. The highest BCUT2D eigenvalue weighted by atomic mass is 16.5. The van der Waals surface area contributed by atoms with Crippen LogP contribution >= 0.6 is 0 Å². The van der Waals surface area contributed by atoms with E-state index < -0.39 is 5.97 Å². The largest absolute Gasteiger partial charge is 0.475 e. The molecule has 0 radical (unpaired) electrons. The maximum Gasteiger partial charge on any atom is 0.374 e. The number of aromatic carboxylic acids is 1. The van der Waals surface area contributed by atoms with Crippen LogP contribution in [0, 0.1) is 0 Å². The number of hydrogen-bond acceptors (Lipinski definition) is 5. The molecule has 0 fully saturated rings. The summed E-state index contributed by atoms with van der Waals surface area (Å²) in [5, 5.41) is 9.68. The van der Waals surface area contributed by atoms with Crippen LogP contribution in [0.5, 0.6) is 5.88 Å². The van der Waals surface area contributed by atoms with Gasteiger partial charge < -0.3 is 14.6 Å². The fourth-order valence-electron chi connectivity index (χ4n) is 1.69. The number of hydrogen-bond donors (Lipinski definition) is 1. The van der Waals surface area contributed by atoms with Gasteiger partial charge in [-0.25, -0.2) is 9.78 Å². The molecule has 6 nitrogen and oxygen atoms in total. The SMILES string of the molecule is COCC(C)Oc1nc(C(=O)O)nc2ccccc12. The minimum atomic E-state index is -1.19. The van der Waals surface area contributed by atoms with E-state index in [0.29, 0.717) is 17.5 Å². The van der Waals surface area contributed by atoms with Crippen molar-refractivity contribution in [1.82, 2.24) is 9.97 Å². The van der Waals surface area contributed by atoms with Crippen molar-refractivity contribution in [2.75, 3.05) is 13.7 Å². The van der Waals surface area contributed by atoms with E-state index in [1.807, 2.05) is 13.0 Å². The fraction of sp³-hybridized carbons (Fsp3) is 0.308. The molecule has 0 spiro atoms. The molecule has 0 saturated heterocycles. The summed E-state index contributed by atoms with van der Waals surface area (Å²) in [5.41, 5.74) is 0.537. The lowest BCUT2D eigenvalue weighted by Crippen LogP contribution is -2.19. The molecule has 0 amide bonds. The number of ether oxygens (including phenoxy) is 2. The number of fused-ring (bicyclic) bond motifs is 1. The van der Waals surface area contributed by atoms with Gasteiger partial charge in [0.05, 0.1) is 17.5 Å². The number of methoxy groups -OCH3 is 1. The van der Waals surface area contributed by atoms with Crippen LogP contribution in [0.4, 0.5) is 0 Å². The Morgan fingerprint density at radius 2 is 2.11 bits per heavy atom. The third kappa shape index (κ3) is 2.97. The second-order valence-electron chi connectivity index (χ2n) is 4.06. The summed E-state index contributed by atoms with van der Waals surface area (Å²) in [5.74, 6) is -1.21. The minimum absolute atomic E-state index is 0.232. The summed E-state index contributed by atoms with van der Waals surface area (Å²) in [4.78, 5) is 18.9. The number of benzene rings is 1. The van der Waals surface area contributed by atoms with Gasteiger partial charge in [-0.05, 0) is 19.1 Å². The second kappa shape index (κ2) is 5.62. The van der Waals surface area contributed by atoms with Crippen molar-refractivity contribution in [3.63, 3.8) is 0 Å². The van der Waals surface area contributed by atoms with E-state index in [9.17, 15) is 4.79 Å². The highest BCUT2D eigenvalue weighted by Crippen LogP contribution is 2.23. The molecule has 1 aromatic heterocycles. The molecule has 1 N–H and O–H groups in total. The number of rotatable bonds is 5. The molecule has 0 aliphatic carbocycles. The average Bonchev–Trinajstić information content (AvgIpc) is 2.38. The second-order valence-corrected chi connectivity index (χ2v) is 4.06. The van der Waals surface area contributed by atoms with Gasteiger partial charge in [0.15, 0.2) is 0 Å². The first-order valence-corrected chi connectivity index (χ1v) is 5.77. The lowest BCUT2D eigenvalue weighted by Gasteiger charge is -2.14. The van der Waals surface area contributed by atoms with Gasteiger partial charge >= 0.3 is 5.97 Å². The summed E-state index contributed by atoms with van der Waals surface area (Å²) < 4.78 is 10.6. The molecule has 0 aliphatic heterocycles. The van der Waals surface area contributed by atoms with Crippen molar-refractivity contribution in [3.8, 4) is 5.88 Å². The highest BCUT2D eigenvalue weighted by molar-refractivity contribution is 5.89. The zero-order valence-electron chi connectivity index (χ0n) is 10.7. The van der Waals surface area contributed by atoms with Gasteiger partial charge in [0.1, 0.15) is 6.10 Å². The summed E-state index contributed by atoms with van der Waals surface area (Å²) >= 11 is 0. The third-order valence-electron chi connectivity index (χ3n) is 2.47. The van der Waals surface area contributed by atoms with E-state index in [1.165, 1.54) is 0 Å². The van der Waals surface area contributed by atoms with Gasteiger partial charge in [-0.2, -0.15) is 4.98 Å². The first-order valence-electron chi connectivity index (χ1n) is 5.77. The fourth-order valence-corrected chi connectivity index (χ4v) is 1.69. The van der Waals surface area contributed by atoms with Gasteiger partial charge in [-0.15, -0.1) is 0 Å². The molecule has 0 bridgehead atoms. The molecule has 0 saturated carbocycles. The number of carboxylic acid groups (broad SMARTS) is 1. The first kappa shape index (κ1) is 13.2. The zero-order chi connectivity index (χ0) is 13.8. The molecular weight excluding hydrogens is 248 g/mol. The standard InChI is InChI=1S/C13H14N2O4/c1-8(7-18-2)19-12-9-5-3-4-6-10(9)14-11(15-12)13(16)17/h3-6,8H,7H2,1-2H3,(H,16,17). The Balaban J connectivity index is 2.47. The van der Waals surface area contributed by atoms with E-state index in [0.717, 1.165) is 0 Å². The van der Waals surface area contributed by atoms with Crippen LogP contribution < -0.4 is 4.74 Å². The van der Waals surface area contributed by atoms with E-state index in [4.69, 9.17) is 14.6 Å². The van der Waals surface area contributed by atoms with Gasteiger partial charge in [0.25, 0.3) is 0 Å². The number of carbonyl (C=O) groups is 1. The van der Waals surface area contributed by atoms with Crippen molar-refractivity contribution in [2.45, 2.75) is 13.0 Å². The van der Waals surface area contributed by atoms with E-state index in [-0.39, 0.29) is 17.8 Å². The van der Waals surface area contributed by atoms with Crippen LogP contribution in [0.2, 0.25) is 0 Å². The molecule has 2 aromatic rings. The number of nitrogens with zero attached hydrogens (tertiary/aromatic N) is 2. The van der Waals surface area contributed by atoms with Crippen LogP contribution in [0.15, 0.2) is 24.3 Å². The Labute approximate surface area is 110 Å². The molecule has 19 heavy (non-hydrogen) atoms. The smallest absolute Gasteiger partial charge is 0.374 e. The lowest BCUT2D eigenvalue weighted by atomic mass is 10.2. The maximum absolute atomic E-state index is 11.0. The van der Waals surface area contributed by atoms with Gasteiger partial charge in [0.2, 0.25) is 11.7 Å². The van der Waals surface area contributed by atoms with Crippen LogP contribution in [0.25, 0.3) is 10.9 Å². The van der Waals surface area contributed by atoms with Crippen LogP contribution in [0.3, 0.4) is 0 Å². The molecule has 1 atom stereocenters. The van der Waals surface area contributed by atoms with Crippen LogP contribution in [-0.2, 0) is 4.74 Å². The van der Waals surface area contributed by atoms with Crippen molar-refractivity contribution < 1.29 is 19.4 Å². The highest BCUT2D eigenvalue weighted by Gasteiger charge is 2.15. The Morgan fingerprint density at radius 1 is 1.37 bits per heavy atom. The van der Waals surface area contributed by atoms with E-state index in [1.54, 1.807) is 25.3 Å². The summed E-state index contributed by atoms with van der Waals surface area (Å²) in [6, 6.07) is 7.11. The first-order chi connectivity index (χ1) is 9.11. The number of aromatic nitrogens is 2. The van der Waals surface area contributed by atoms with Gasteiger partial charge in [-0.3, -0.25) is 0 Å². The Morgan fingerprint density at radius 3 is 2.79 bits per heavy atom. The summed E-state index contributed by atoms with van der Waals surface area (Å²) in [6.45, 7) is 2.21. The maximum atomic E-state index is 11.0. The predicted octanol–water partition coefficient (Wildman–Crippen LogP) is 1.74. The quantitative estimate of drug-likeness (QED) is 0.883. The van der Waals surface area contributed by atoms with E-state index >= 15 is 0 Å². The summed E-state index contributed by atoms with van der Waals surface area (Å²) in [6.07, 6.45) is -0.232. The van der Waals surface area contributed by atoms with Crippen LogP contribution in [0.1, 0.15) is 17.5 Å². The molecule has 2 rings (SSSR count). The number of carboxylic acids is 1. The molecule has 0 aliphatic rings. The summed E-state index contributed by atoms with van der Waals surface area (Å²) in [7, 11) is 1.57. The van der Waals surface area contributed by atoms with Crippen LogP contribution in [-0.4, -0.2) is 40.9 Å². The van der Waals surface area contributed by atoms with Gasteiger partial charge in [0, 0.05) is 7.11 Å². The molecule has 1 heterocycles. The zero-order valence-corrected chi connectivity index (χ0v) is 10.7. The van der Waals surface area contributed by atoms with Gasteiger partial charge in [-0.1, -0.05) is 12.1 Å². The molecule has 1 aromatic carbocycles. The normalized spacial score (nSPS) is 12.3. The third-order valence-corrected chi connectivity index (χ3v) is 2.47. The Bertz CT molecular complexity index is 600. The predicted molar refractivity (Wildman–Crippen MR) is 68.5 cm³/mol. The van der Waals surface area contributed by atoms with Crippen molar-refractivity contribution in [2.24, 2.45) is 0 Å². The number of para-hydroxylation sites is 1. The minimum Gasteiger partial charge on any atom is -0.475 e. The topological polar surface area (TPSA) is 81.5 Å². The van der Waals surface area contributed by atoms with Crippen molar-refractivity contribution >= 4 is 16.9 Å². The molecule has 100 valence electrons. The monoisotopic (exact) mass is 262 g/mol. The molecular formula is C13H14N2O4. The van der Waals surface area contributed by atoms with Crippen molar-refractivity contribution in [1.29, 1.82) is 0 Å². The average molecular weight is 262 g/mol. The van der Waals surface area contributed by atoms with E-state index in [2.05, 4.69) is 9.97 Å².